The molecule has 0 N–H and O–H groups in total. The molecule has 0 saturated carbocycles. The van der Waals surface area contributed by atoms with Gasteiger partial charge in [0.15, 0.2) is 5.60 Å². The second-order valence-corrected chi connectivity index (χ2v) is 5.80. The van der Waals surface area contributed by atoms with Gasteiger partial charge in [-0.15, -0.1) is 0 Å². The summed E-state index contributed by atoms with van der Waals surface area (Å²) in [4.78, 5) is 34.8. The Morgan fingerprint density at radius 1 is 0.880 bits per heavy atom. The van der Waals surface area contributed by atoms with Crippen LogP contribution >= 0.6 is 0 Å². The first kappa shape index (κ1) is 22.9. The molecule has 0 saturated heterocycles. The molecule has 0 aromatic rings. The van der Waals surface area contributed by atoms with E-state index in [4.69, 9.17) is 14.2 Å². The third-order valence-electron chi connectivity index (χ3n) is 3.75. The van der Waals surface area contributed by atoms with Gasteiger partial charge >= 0.3 is 17.9 Å². The normalized spacial score (nSPS) is 10.6. The minimum atomic E-state index is -1.21. The lowest BCUT2D eigenvalue weighted by Gasteiger charge is -2.31. The van der Waals surface area contributed by atoms with Gasteiger partial charge in [-0.2, -0.15) is 0 Å². The molecule has 0 aliphatic rings. The van der Waals surface area contributed by atoms with Gasteiger partial charge in [0.25, 0.3) is 0 Å². The number of carbonyl (C=O) groups excluding carboxylic acids is 3. The Balaban J connectivity index is 4.74. The molecule has 0 spiro atoms. The minimum absolute atomic E-state index is 0.208. The number of carbonyl (C=O) groups is 3. The summed E-state index contributed by atoms with van der Waals surface area (Å²) in [6.07, 6.45) is 7.68. The van der Waals surface area contributed by atoms with E-state index in [1.807, 2.05) is 0 Å². The van der Waals surface area contributed by atoms with Crippen molar-refractivity contribution in [2.24, 2.45) is 0 Å². The zero-order valence-electron chi connectivity index (χ0n) is 15.4. The summed E-state index contributed by atoms with van der Waals surface area (Å²) >= 11 is 0. The molecule has 0 aliphatic heterocycles. The third-order valence-corrected chi connectivity index (χ3v) is 3.75. The molecule has 0 bridgehead atoms. The molecule has 142 valence electrons. The number of hydrogen-bond donors (Lipinski definition) is 0. The predicted octanol–water partition coefficient (Wildman–Crippen LogP) is 3.50. The molecule has 0 unspecified atom stereocenters. The molecule has 0 radical (unpaired) electrons. The topological polar surface area (TPSA) is 78.9 Å². The molecule has 25 heavy (non-hydrogen) atoms. The van der Waals surface area contributed by atoms with Gasteiger partial charge in [-0.25, -0.2) is 9.59 Å². The van der Waals surface area contributed by atoms with E-state index in [-0.39, 0.29) is 19.6 Å². The zero-order valence-corrected chi connectivity index (χ0v) is 15.4. The highest BCUT2D eigenvalue weighted by Crippen LogP contribution is 2.20. The molecule has 0 heterocycles. The van der Waals surface area contributed by atoms with E-state index in [1.54, 1.807) is 6.92 Å². The fourth-order valence-corrected chi connectivity index (χ4v) is 2.07. The molecule has 0 fully saturated rings. The first-order valence-electron chi connectivity index (χ1n) is 8.73. The molecule has 0 aromatic heterocycles. The van der Waals surface area contributed by atoms with Gasteiger partial charge in [-0.1, -0.05) is 52.7 Å². The average molecular weight is 354 g/mol. The minimum Gasteiger partial charge on any atom is -0.458 e. The lowest BCUT2D eigenvalue weighted by molar-refractivity contribution is -0.182. The van der Waals surface area contributed by atoms with Crippen molar-refractivity contribution in [1.29, 1.82) is 0 Å². The summed E-state index contributed by atoms with van der Waals surface area (Å²) in [5.74, 6) is -1.67. The SMILES string of the molecule is C=CC(=O)OCC(CC)(COC(=O)C=C)OC(=O)CCCCCCC. The van der Waals surface area contributed by atoms with Gasteiger partial charge in [0.2, 0.25) is 0 Å². The van der Waals surface area contributed by atoms with Gasteiger partial charge in [-0.3, -0.25) is 4.79 Å². The van der Waals surface area contributed by atoms with Crippen molar-refractivity contribution in [3.05, 3.63) is 25.3 Å². The molecule has 6 heteroatoms. The maximum atomic E-state index is 12.1. The van der Waals surface area contributed by atoms with E-state index in [9.17, 15) is 14.4 Å². The molecule has 0 rings (SSSR count). The Kier molecular flexibility index (Phi) is 12.1. The van der Waals surface area contributed by atoms with Crippen molar-refractivity contribution in [1.82, 2.24) is 0 Å². The Labute approximate surface area is 150 Å². The van der Waals surface area contributed by atoms with Gasteiger partial charge < -0.3 is 14.2 Å². The van der Waals surface area contributed by atoms with Gasteiger partial charge in [0.05, 0.1) is 0 Å². The molecule has 0 amide bonds. The van der Waals surface area contributed by atoms with E-state index in [2.05, 4.69) is 20.1 Å². The largest absolute Gasteiger partial charge is 0.458 e. The summed E-state index contributed by atoms with van der Waals surface area (Å²) in [7, 11) is 0. The molecule has 0 aliphatic carbocycles. The van der Waals surface area contributed by atoms with Crippen molar-refractivity contribution in [2.45, 2.75) is 64.4 Å². The van der Waals surface area contributed by atoms with E-state index in [0.29, 0.717) is 6.42 Å². The van der Waals surface area contributed by atoms with Gasteiger partial charge in [0.1, 0.15) is 13.2 Å². The van der Waals surface area contributed by atoms with Crippen LogP contribution in [0, 0.1) is 0 Å². The van der Waals surface area contributed by atoms with Crippen molar-refractivity contribution < 1.29 is 28.6 Å². The number of hydrogen-bond acceptors (Lipinski definition) is 6. The van der Waals surface area contributed by atoms with Crippen LogP contribution in [0.4, 0.5) is 0 Å². The van der Waals surface area contributed by atoms with Crippen molar-refractivity contribution >= 4 is 17.9 Å². The second-order valence-electron chi connectivity index (χ2n) is 5.80. The van der Waals surface area contributed by atoms with Crippen molar-refractivity contribution in [3.63, 3.8) is 0 Å². The summed E-state index contributed by atoms with van der Waals surface area (Å²) in [5, 5.41) is 0. The molecule has 0 aromatic carbocycles. The zero-order chi connectivity index (χ0) is 19.1. The van der Waals surface area contributed by atoms with Crippen LogP contribution in [0.25, 0.3) is 0 Å². The summed E-state index contributed by atoms with van der Waals surface area (Å²) < 4.78 is 15.6. The van der Waals surface area contributed by atoms with E-state index in [0.717, 1.165) is 44.3 Å². The number of ether oxygens (including phenoxy) is 3. The Morgan fingerprint density at radius 2 is 1.40 bits per heavy atom. The fraction of sp³-hybridized carbons (Fsp3) is 0.632. The Bertz CT molecular complexity index is 431. The van der Waals surface area contributed by atoms with Crippen LogP contribution in [-0.4, -0.2) is 36.7 Å². The van der Waals surface area contributed by atoms with E-state index < -0.39 is 23.5 Å². The highest BCUT2D eigenvalue weighted by molar-refractivity contribution is 5.81. The Hall–Kier alpha value is -2.11. The summed E-state index contributed by atoms with van der Waals surface area (Å²) in [6.45, 7) is 10.1. The quantitative estimate of drug-likeness (QED) is 0.206. The van der Waals surface area contributed by atoms with Crippen LogP contribution in [0.5, 0.6) is 0 Å². The number of unbranched alkanes of at least 4 members (excludes halogenated alkanes) is 4. The van der Waals surface area contributed by atoms with Crippen LogP contribution < -0.4 is 0 Å². The first-order valence-corrected chi connectivity index (χ1v) is 8.73. The molecule has 0 atom stereocenters. The van der Waals surface area contributed by atoms with Crippen LogP contribution in [0.3, 0.4) is 0 Å². The lowest BCUT2D eigenvalue weighted by atomic mass is 10.0. The number of rotatable bonds is 14. The smallest absolute Gasteiger partial charge is 0.330 e. The highest BCUT2D eigenvalue weighted by atomic mass is 16.6. The van der Waals surface area contributed by atoms with Crippen molar-refractivity contribution in [3.8, 4) is 0 Å². The standard InChI is InChI=1S/C19H30O6/c1-5-9-10-11-12-13-18(22)25-19(8-4,14-23-16(20)6-2)15-24-17(21)7-3/h6-7H,2-3,5,8-15H2,1,4H3. The maximum absolute atomic E-state index is 12.1. The van der Waals surface area contributed by atoms with E-state index in [1.165, 1.54) is 0 Å². The second kappa shape index (κ2) is 13.2. The summed E-state index contributed by atoms with van der Waals surface area (Å²) in [6, 6.07) is 0. The molecular formula is C19H30O6. The Morgan fingerprint density at radius 3 is 1.84 bits per heavy atom. The number of esters is 3. The molecular weight excluding hydrogens is 324 g/mol. The van der Waals surface area contributed by atoms with Crippen molar-refractivity contribution in [2.75, 3.05) is 13.2 Å². The van der Waals surface area contributed by atoms with Crippen LogP contribution in [0.2, 0.25) is 0 Å². The maximum Gasteiger partial charge on any atom is 0.330 e. The first-order chi connectivity index (χ1) is 11.9. The highest BCUT2D eigenvalue weighted by Gasteiger charge is 2.36. The average Bonchev–Trinajstić information content (AvgIpc) is 2.63. The summed E-state index contributed by atoms with van der Waals surface area (Å²) in [5.41, 5.74) is -1.21. The van der Waals surface area contributed by atoms with E-state index >= 15 is 0 Å². The monoisotopic (exact) mass is 354 g/mol. The predicted molar refractivity (Wildman–Crippen MR) is 94.8 cm³/mol. The lowest BCUT2D eigenvalue weighted by Crippen LogP contribution is -2.45. The van der Waals surface area contributed by atoms with Gasteiger partial charge in [-0.05, 0) is 12.8 Å². The van der Waals surface area contributed by atoms with Crippen LogP contribution in [0.1, 0.15) is 58.8 Å². The van der Waals surface area contributed by atoms with Crippen LogP contribution in [-0.2, 0) is 28.6 Å². The molecule has 6 nitrogen and oxygen atoms in total. The van der Waals surface area contributed by atoms with Crippen LogP contribution in [0.15, 0.2) is 25.3 Å². The van der Waals surface area contributed by atoms with Gasteiger partial charge in [0, 0.05) is 18.6 Å². The fourth-order valence-electron chi connectivity index (χ4n) is 2.07. The third kappa shape index (κ3) is 10.4.